The van der Waals surface area contributed by atoms with Crippen molar-refractivity contribution >= 4 is 23.4 Å². The van der Waals surface area contributed by atoms with E-state index in [1.165, 1.54) is 0 Å². The molecule has 0 atom stereocenters. The molecule has 23 heavy (non-hydrogen) atoms. The fraction of sp³-hybridized carbons (Fsp3) is 0.267. The van der Waals surface area contributed by atoms with Crippen LogP contribution < -0.4 is 20.9 Å². The Morgan fingerprint density at radius 3 is 2.70 bits per heavy atom. The van der Waals surface area contributed by atoms with E-state index in [0.717, 1.165) is 0 Å². The normalized spacial score (nSPS) is 10.1. The Bertz CT molecular complexity index is 745. The average Bonchev–Trinajstić information content (AvgIpc) is 2.54. The van der Waals surface area contributed by atoms with Gasteiger partial charge in [-0.25, -0.2) is 4.98 Å². The smallest absolute Gasteiger partial charge is 0.222 e. The number of anilines is 2. The predicted octanol–water partition coefficient (Wildman–Crippen LogP) is 2.20. The number of nitrogens with two attached hydrogens (primary N) is 2. The molecule has 0 bridgehead atoms. The number of ether oxygens (including phenoxy) is 2. The highest BCUT2D eigenvalue weighted by molar-refractivity contribution is 6.17. The van der Waals surface area contributed by atoms with Crippen LogP contribution in [-0.4, -0.2) is 29.6 Å². The van der Waals surface area contributed by atoms with Gasteiger partial charge in [-0.1, -0.05) is 0 Å². The SMILES string of the molecule is COc1ccc(-c2nc(N)nc(N)c2C#N)cc1OCCCCl. The summed E-state index contributed by atoms with van der Waals surface area (Å²) >= 11 is 5.65. The molecule has 2 rings (SSSR count). The van der Waals surface area contributed by atoms with Gasteiger partial charge in [0.05, 0.1) is 19.4 Å². The van der Waals surface area contributed by atoms with Gasteiger partial charge in [-0.15, -0.1) is 11.6 Å². The number of aromatic nitrogens is 2. The first-order chi connectivity index (χ1) is 11.1. The molecule has 2 aromatic rings. The Morgan fingerprint density at radius 1 is 1.26 bits per heavy atom. The van der Waals surface area contributed by atoms with Gasteiger partial charge in [-0.2, -0.15) is 10.2 Å². The predicted molar refractivity (Wildman–Crippen MR) is 88.4 cm³/mol. The lowest BCUT2D eigenvalue weighted by molar-refractivity contribution is 0.295. The zero-order valence-electron chi connectivity index (χ0n) is 12.5. The summed E-state index contributed by atoms with van der Waals surface area (Å²) in [4.78, 5) is 7.91. The second-order valence-corrected chi connectivity index (χ2v) is 4.94. The standard InChI is InChI=1S/C15H16ClN5O2/c1-22-11-4-3-9(7-12(11)23-6-2-5-16)13-10(8-17)14(18)21-15(19)20-13/h3-4,7H,2,5-6H2,1H3,(H4,18,19,20,21). The van der Waals surface area contributed by atoms with Gasteiger partial charge < -0.3 is 20.9 Å². The van der Waals surface area contributed by atoms with Crippen molar-refractivity contribution in [2.45, 2.75) is 6.42 Å². The summed E-state index contributed by atoms with van der Waals surface area (Å²) in [5.74, 6) is 1.62. The molecule has 0 amide bonds. The monoisotopic (exact) mass is 333 g/mol. The van der Waals surface area contributed by atoms with Crippen LogP contribution in [0.3, 0.4) is 0 Å². The zero-order valence-corrected chi connectivity index (χ0v) is 13.3. The van der Waals surface area contributed by atoms with E-state index in [1.807, 2.05) is 6.07 Å². The van der Waals surface area contributed by atoms with Gasteiger partial charge in [0.25, 0.3) is 0 Å². The van der Waals surface area contributed by atoms with Crippen molar-refractivity contribution in [3.63, 3.8) is 0 Å². The highest BCUT2D eigenvalue weighted by atomic mass is 35.5. The summed E-state index contributed by atoms with van der Waals surface area (Å²) in [5, 5.41) is 9.27. The Morgan fingerprint density at radius 2 is 2.04 bits per heavy atom. The van der Waals surface area contributed by atoms with Gasteiger partial charge in [0, 0.05) is 11.4 Å². The molecule has 0 fully saturated rings. The minimum absolute atomic E-state index is 0.00285. The van der Waals surface area contributed by atoms with Crippen LogP contribution in [0.25, 0.3) is 11.3 Å². The van der Waals surface area contributed by atoms with Gasteiger partial charge in [-0.3, -0.25) is 0 Å². The summed E-state index contributed by atoms with van der Waals surface area (Å²) in [6.45, 7) is 0.447. The van der Waals surface area contributed by atoms with Crippen LogP contribution in [0, 0.1) is 11.3 Å². The molecule has 7 nitrogen and oxygen atoms in total. The molecule has 0 saturated heterocycles. The number of hydrogen-bond acceptors (Lipinski definition) is 7. The maximum atomic E-state index is 9.27. The third-order valence-electron chi connectivity index (χ3n) is 3.04. The van der Waals surface area contributed by atoms with Crippen molar-refractivity contribution in [1.29, 1.82) is 5.26 Å². The number of nitrogen functional groups attached to an aromatic ring is 2. The van der Waals surface area contributed by atoms with E-state index in [9.17, 15) is 5.26 Å². The summed E-state index contributed by atoms with van der Waals surface area (Å²) in [7, 11) is 1.55. The number of hydrogen-bond donors (Lipinski definition) is 2. The quantitative estimate of drug-likeness (QED) is 0.614. The fourth-order valence-electron chi connectivity index (χ4n) is 1.99. The van der Waals surface area contributed by atoms with Crippen LogP contribution in [0.1, 0.15) is 12.0 Å². The number of benzene rings is 1. The van der Waals surface area contributed by atoms with E-state index < -0.39 is 0 Å². The molecule has 120 valence electrons. The van der Waals surface area contributed by atoms with Crippen LogP contribution >= 0.6 is 11.6 Å². The van der Waals surface area contributed by atoms with Gasteiger partial charge in [0.1, 0.15) is 17.5 Å². The molecule has 8 heteroatoms. The fourth-order valence-corrected chi connectivity index (χ4v) is 2.10. The topological polar surface area (TPSA) is 120 Å². The van der Waals surface area contributed by atoms with Crippen LogP contribution in [0.2, 0.25) is 0 Å². The number of rotatable bonds is 6. The minimum atomic E-state index is -0.00285. The number of halogens is 1. The molecule has 0 aliphatic rings. The summed E-state index contributed by atoms with van der Waals surface area (Å²) < 4.78 is 10.9. The number of nitrogens with zero attached hydrogens (tertiary/aromatic N) is 3. The van der Waals surface area contributed by atoms with E-state index in [2.05, 4.69) is 9.97 Å². The Balaban J connectivity index is 2.48. The molecule has 1 aromatic carbocycles. The van der Waals surface area contributed by atoms with Gasteiger partial charge in [0.15, 0.2) is 11.5 Å². The van der Waals surface area contributed by atoms with Crippen molar-refractivity contribution in [3.05, 3.63) is 23.8 Å². The number of alkyl halides is 1. The van der Waals surface area contributed by atoms with Crippen molar-refractivity contribution in [3.8, 4) is 28.8 Å². The van der Waals surface area contributed by atoms with E-state index in [0.29, 0.717) is 41.7 Å². The molecule has 0 saturated carbocycles. The first-order valence-electron chi connectivity index (χ1n) is 6.81. The Kier molecular flexibility index (Phi) is 5.44. The molecule has 0 aliphatic carbocycles. The maximum absolute atomic E-state index is 9.27. The lowest BCUT2D eigenvalue weighted by Gasteiger charge is -2.13. The molecular formula is C15H16ClN5O2. The van der Waals surface area contributed by atoms with Gasteiger partial charge in [-0.05, 0) is 24.6 Å². The first kappa shape index (κ1) is 16.6. The summed E-state index contributed by atoms with van der Waals surface area (Å²) in [5.41, 5.74) is 12.5. The summed E-state index contributed by atoms with van der Waals surface area (Å²) in [6.07, 6.45) is 0.700. The Labute approximate surface area is 138 Å². The van der Waals surface area contributed by atoms with Crippen LogP contribution in [-0.2, 0) is 0 Å². The van der Waals surface area contributed by atoms with Gasteiger partial charge in [0.2, 0.25) is 5.95 Å². The highest BCUT2D eigenvalue weighted by Gasteiger charge is 2.15. The lowest BCUT2D eigenvalue weighted by atomic mass is 10.1. The lowest BCUT2D eigenvalue weighted by Crippen LogP contribution is -2.05. The molecule has 0 aliphatic heterocycles. The number of methoxy groups -OCH3 is 1. The Hall–Kier alpha value is -2.72. The van der Waals surface area contributed by atoms with E-state index >= 15 is 0 Å². The molecule has 1 aromatic heterocycles. The van der Waals surface area contributed by atoms with Crippen LogP contribution in [0.5, 0.6) is 11.5 Å². The third-order valence-corrected chi connectivity index (χ3v) is 3.31. The van der Waals surface area contributed by atoms with Crippen molar-refractivity contribution < 1.29 is 9.47 Å². The van der Waals surface area contributed by atoms with Gasteiger partial charge >= 0.3 is 0 Å². The average molecular weight is 334 g/mol. The molecular weight excluding hydrogens is 318 g/mol. The van der Waals surface area contributed by atoms with Crippen molar-refractivity contribution in [2.24, 2.45) is 0 Å². The second-order valence-electron chi connectivity index (χ2n) is 4.56. The third kappa shape index (κ3) is 3.73. The van der Waals surface area contributed by atoms with Crippen LogP contribution in [0.15, 0.2) is 18.2 Å². The van der Waals surface area contributed by atoms with E-state index in [-0.39, 0.29) is 17.3 Å². The minimum Gasteiger partial charge on any atom is -0.493 e. The first-order valence-corrected chi connectivity index (χ1v) is 7.34. The largest absolute Gasteiger partial charge is 0.493 e. The zero-order chi connectivity index (χ0) is 16.8. The molecule has 0 unspecified atom stereocenters. The van der Waals surface area contributed by atoms with E-state index in [1.54, 1.807) is 25.3 Å². The van der Waals surface area contributed by atoms with Crippen molar-refractivity contribution in [2.75, 3.05) is 31.1 Å². The maximum Gasteiger partial charge on any atom is 0.222 e. The van der Waals surface area contributed by atoms with Crippen LogP contribution in [0.4, 0.5) is 11.8 Å². The molecule has 0 radical (unpaired) electrons. The van der Waals surface area contributed by atoms with Crippen molar-refractivity contribution in [1.82, 2.24) is 9.97 Å². The molecule has 4 N–H and O–H groups in total. The second kappa shape index (κ2) is 7.51. The summed E-state index contributed by atoms with van der Waals surface area (Å²) in [6, 6.07) is 7.18. The van der Waals surface area contributed by atoms with E-state index in [4.69, 9.17) is 32.5 Å². The highest BCUT2D eigenvalue weighted by Crippen LogP contribution is 2.34. The molecule has 1 heterocycles. The molecule has 0 spiro atoms. The number of nitriles is 1.